The van der Waals surface area contributed by atoms with E-state index in [1.165, 1.54) is 6.20 Å². The van der Waals surface area contributed by atoms with Gasteiger partial charge >= 0.3 is 0 Å². The van der Waals surface area contributed by atoms with Crippen LogP contribution in [-0.4, -0.2) is 19.5 Å². The summed E-state index contributed by atoms with van der Waals surface area (Å²) >= 11 is 0. The molecule has 1 aromatic rings. The van der Waals surface area contributed by atoms with Crippen molar-refractivity contribution in [1.29, 1.82) is 0 Å². The van der Waals surface area contributed by atoms with Crippen molar-refractivity contribution in [2.24, 2.45) is 5.14 Å². The molecule has 0 aliphatic heterocycles. The zero-order valence-corrected chi connectivity index (χ0v) is 9.12. The molecule has 1 aliphatic carbocycles. The van der Waals surface area contributed by atoms with Crippen LogP contribution in [0.1, 0.15) is 18.4 Å². The monoisotopic (exact) mass is 228 g/mol. The third kappa shape index (κ3) is 2.27. The first kappa shape index (κ1) is 10.4. The fraction of sp³-hybridized carbons (Fsp3) is 0.444. The lowest BCUT2D eigenvalue weighted by molar-refractivity contribution is 0.299. The maximum atomic E-state index is 11.2. The summed E-state index contributed by atoms with van der Waals surface area (Å²) in [7, 11) is -3.76. The molecule has 0 unspecified atom stereocenters. The summed E-state index contributed by atoms with van der Waals surface area (Å²) in [5, 5.41) is 4.92. The number of primary sulfonamides is 1. The number of pyridine rings is 1. The maximum Gasteiger partial charge on any atom is 0.255 e. The van der Waals surface area contributed by atoms with Crippen LogP contribution < -0.4 is 9.88 Å². The minimum absolute atomic E-state index is 0.111. The summed E-state index contributed by atoms with van der Waals surface area (Å²) < 4.78 is 27.9. The zero-order chi connectivity index (χ0) is 11.1. The van der Waals surface area contributed by atoms with Gasteiger partial charge < -0.3 is 4.74 Å². The highest BCUT2D eigenvalue weighted by atomic mass is 32.2. The molecular weight excluding hydrogens is 216 g/mol. The molecular formula is C9H12N2O3S. The average Bonchev–Trinajstić information content (AvgIpc) is 2.90. The molecule has 1 aromatic heterocycles. The molecule has 0 radical (unpaired) electrons. The van der Waals surface area contributed by atoms with Crippen LogP contribution in [0.5, 0.6) is 5.75 Å². The van der Waals surface area contributed by atoms with Crippen molar-refractivity contribution in [3.8, 4) is 5.75 Å². The van der Waals surface area contributed by atoms with E-state index < -0.39 is 10.0 Å². The van der Waals surface area contributed by atoms with Gasteiger partial charge in [-0.05, 0) is 25.8 Å². The second-order valence-electron chi connectivity index (χ2n) is 3.60. The first-order chi connectivity index (χ1) is 6.98. The Hall–Kier alpha value is -1.14. The van der Waals surface area contributed by atoms with Crippen LogP contribution in [0.2, 0.25) is 0 Å². The van der Waals surface area contributed by atoms with E-state index in [4.69, 9.17) is 9.88 Å². The topological polar surface area (TPSA) is 82.3 Å². The number of aromatic nitrogens is 1. The number of ether oxygens (including phenoxy) is 1. The maximum absolute atomic E-state index is 11.2. The molecule has 0 spiro atoms. The highest BCUT2D eigenvalue weighted by Crippen LogP contribution is 2.30. The minimum Gasteiger partial charge on any atom is -0.490 e. The molecule has 0 aromatic carbocycles. The minimum atomic E-state index is -3.76. The summed E-state index contributed by atoms with van der Waals surface area (Å²) in [6.07, 6.45) is 3.66. The summed E-state index contributed by atoms with van der Waals surface area (Å²) in [6, 6.07) is 1.66. The van der Waals surface area contributed by atoms with Crippen molar-refractivity contribution in [2.75, 3.05) is 0 Å². The Kier molecular flexibility index (Phi) is 2.40. The van der Waals surface area contributed by atoms with Crippen LogP contribution in [0, 0.1) is 6.92 Å². The Labute approximate surface area is 88.3 Å². The van der Waals surface area contributed by atoms with Crippen LogP contribution in [0.15, 0.2) is 17.3 Å². The molecule has 0 amide bonds. The number of nitrogens with two attached hydrogens (primary N) is 1. The van der Waals surface area contributed by atoms with Gasteiger partial charge in [0.05, 0.1) is 6.10 Å². The van der Waals surface area contributed by atoms with Crippen molar-refractivity contribution in [1.82, 2.24) is 4.98 Å². The quantitative estimate of drug-likeness (QED) is 0.820. The number of hydrogen-bond donors (Lipinski definition) is 1. The first-order valence-corrected chi connectivity index (χ1v) is 6.18. The lowest BCUT2D eigenvalue weighted by atomic mass is 10.3. The predicted molar refractivity (Wildman–Crippen MR) is 54.0 cm³/mol. The van der Waals surface area contributed by atoms with Crippen molar-refractivity contribution in [3.63, 3.8) is 0 Å². The van der Waals surface area contributed by atoms with Gasteiger partial charge in [0.2, 0.25) is 0 Å². The lowest BCUT2D eigenvalue weighted by Crippen LogP contribution is -2.16. The second-order valence-corrected chi connectivity index (χ2v) is 5.08. The largest absolute Gasteiger partial charge is 0.490 e. The van der Waals surface area contributed by atoms with Crippen LogP contribution in [0.3, 0.4) is 0 Å². The van der Waals surface area contributed by atoms with Gasteiger partial charge in [-0.15, -0.1) is 0 Å². The Morgan fingerprint density at radius 2 is 2.20 bits per heavy atom. The van der Waals surface area contributed by atoms with E-state index in [0.717, 1.165) is 12.8 Å². The first-order valence-electron chi connectivity index (χ1n) is 4.63. The van der Waals surface area contributed by atoms with Gasteiger partial charge in [0.1, 0.15) is 5.75 Å². The van der Waals surface area contributed by atoms with Gasteiger partial charge in [-0.3, -0.25) is 0 Å². The molecule has 2 rings (SSSR count). The van der Waals surface area contributed by atoms with E-state index in [9.17, 15) is 8.42 Å². The predicted octanol–water partition coefficient (Wildman–Crippen LogP) is 0.579. The third-order valence-electron chi connectivity index (χ3n) is 2.20. The molecule has 6 heteroatoms. The molecule has 2 N–H and O–H groups in total. The lowest BCUT2D eigenvalue weighted by Gasteiger charge is -2.09. The average molecular weight is 228 g/mol. The molecule has 5 nitrogen and oxygen atoms in total. The molecule has 1 heterocycles. The molecule has 82 valence electrons. The van der Waals surface area contributed by atoms with Crippen LogP contribution in [0.4, 0.5) is 0 Å². The van der Waals surface area contributed by atoms with E-state index in [2.05, 4.69) is 4.98 Å². The van der Waals surface area contributed by atoms with E-state index in [1.54, 1.807) is 13.0 Å². The van der Waals surface area contributed by atoms with Crippen molar-refractivity contribution < 1.29 is 13.2 Å². The second kappa shape index (κ2) is 3.46. The Morgan fingerprint density at radius 3 is 2.73 bits per heavy atom. The summed E-state index contributed by atoms with van der Waals surface area (Å²) in [5.41, 5.74) is 0.479. The van der Waals surface area contributed by atoms with Crippen molar-refractivity contribution in [2.45, 2.75) is 30.9 Å². The number of sulfonamides is 1. The van der Waals surface area contributed by atoms with Crippen molar-refractivity contribution in [3.05, 3.63) is 17.8 Å². The van der Waals surface area contributed by atoms with E-state index in [1.807, 2.05) is 0 Å². The Bertz CT molecular complexity index is 480. The fourth-order valence-electron chi connectivity index (χ4n) is 1.28. The van der Waals surface area contributed by atoms with Crippen LogP contribution in [-0.2, 0) is 10.0 Å². The molecule has 0 atom stereocenters. The molecule has 1 fully saturated rings. The third-order valence-corrected chi connectivity index (χ3v) is 3.15. The van der Waals surface area contributed by atoms with Gasteiger partial charge in [0.15, 0.2) is 5.03 Å². The van der Waals surface area contributed by atoms with Gasteiger partial charge in [-0.2, -0.15) is 0 Å². The van der Waals surface area contributed by atoms with Crippen LogP contribution >= 0.6 is 0 Å². The van der Waals surface area contributed by atoms with Crippen molar-refractivity contribution >= 4 is 10.0 Å². The fourth-order valence-corrected chi connectivity index (χ4v) is 2.02. The smallest absolute Gasteiger partial charge is 0.255 e. The zero-order valence-electron chi connectivity index (χ0n) is 8.30. The highest BCUT2D eigenvalue weighted by Gasteiger charge is 2.25. The van der Waals surface area contributed by atoms with E-state index in [0.29, 0.717) is 11.3 Å². The summed E-state index contributed by atoms with van der Waals surface area (Å²) in [5.74, 6) is 0.552. The molecule has 0 saturated heterocycles. The van der Waals surface area contributed by atoms with Gasteiger partial charge in [-0.1, -0.05) is 0 Å². The molecule has 1 aliphatic rings. The van der Waals surface area contributed by atoms with Gasteiger partial charge in [0.25, 0.3) is 10.0 Å². The SMILES string of the molecule is Cc1c(OC2CC2)ccnc1S(N)(=O)=O. The van der Waals surface area contributed by atoms with E-state index in [-0.39, 0.29) is 11.1 Å². The number of hydrogen-bond acceptors (Lipinski definition) is 4. The summed E-state index contributed by atoms with van der Waals surface area (Å²) in [4.78, 5) is 3.74. The molecule has 0 bridgehead atoms. The van der Waals surface area contributed by atoms with Gasteiger partial charge in [0, 0.05) is 11.8 Å². The Balaban J connectivity index is 2.40. The normalized spacial score (nSPS) is 16.4. The van der Waals surface area contributed by atoms with Gasteiger partial charge in [-0.25, -0.2) is 18.5 Å². The standard InChI is InChI=1S/C9H12N2O3S/c1-6-8(14-7-2-3-7)4-5-11-9(6)15(10,12)13/h4-5,7H,2-3H2,1H3,(H2,10,12,13). The number of nitrogens with zero attached hydrogens (tertiary/aromatic N) is 1. The molecule has 1 saturated carbocycles. The summed E-state index contributed by atoms with van der Waals surface area (Å²) in [6.45, 7) is 1.64. The molecule has 15 heavy (non-hydrogen) atoms. The number of rotatable bonds is 3. The Morgan fingerprint density at radius 1 is 1.53 bits per heavy atom. The highest BCUT2D eigenvalue weighted by molar-refractivity contribution is 7.89. The van der Waals surface area contributed by atoms with Crippen LogP contribution in [0.25, 0.3) is 0 Å². The van der Waals surface area contributed by atoms with E-state index >= 15 is 0 Å².